The largest absolute Gasteiger partial charge is 0.198 e. The van der Waals surface area contributed by atoms with Gasteiger partial charge in [-0.3, -0.25) is 0 Å². The summed E-state index contributed by atoms with van der Waals surface area (Å²) in [5.41, 5.74) is -0.418. The molecule has 0 N–H and O–H groups in total. The fourth-order valence-electron chi connectivity index (χ4n) is 2.32. The lowest BCUT2D eigenvalue weighted by molar-refractivity contribution is 0.525. The molecule has 17 heavy (non-hydrogen) atoms. The standard InChI is InChI=1S/C13H6N4/c14-5-10-9-3-1-2-4-11(9)13(7-16,8-17)12(10)6-15/h1-4,10,12H. The molecule has 4 nitrogen and oxygen atoms in total. The highest BCUT2D eigenvalue weighted by Gasteiger charge is 2.54. The topological polar surface area (TPSA) is 95.2 Å². The van der Waals surface area contributed by atoms with Crippen molar-refractivity contribution < 1.29 is 0 Å². The third-order valence-corrected chi connectivity index (χ3v) is 3.15. The van der Waals surface area contributed by atoms with E-state index in [4.69, 9.17) is 10.5 Å². The molecule has 78 valence electrons. The minimum Gasteiger partial charge on any atom is -0.198 e. The van der Waals surface area contributed by atoms with Crippen molar-refractivity contribution >= 4 is 0 Å². The lowest BCUT2D eigenvalue weighted by Crippen LogP contribution is -2.28. The molecule has 2 rings (SSSR count). The van der Waals surface area contributed by atoms with E-state index in [2.05, 4.69) is 0 Å². The molecule has 0 saturated carbocycles. The minimum atomic E-state index is -1.52. The molecule has 0 bridgehead atoms. The first-order valence-corrected chi connectivity index (χ1v) is 4.96. The summed E-state index contributed by atoms with van der Waals surface area (Å²) in [7, 11) is 0. The average Bonchev–Trinajstić information content (AvgIpc) is 2.68. The van der Waals surface area contributed by atoms with E-state index in [1.807, 2.05) is 24.3 Å². The van der Waals surface area contributed by atoms with Crippen LogP contribution in [0.15, 0.2) is 24.3 Å². The van der Waals surface area contributed by atoms with Gasteiger partial charge in [-0.15, -0.1) is 0 Å². The van der Waals surface area contributed by atoms with Gasteiger partial charge in [-0.1, -0.05) is 24.3 Å². The highest BCUT2D eigenvalue weighted by Crippen LogP contribution is 2.49. The Bertz CT molecular complexity index is 619. The predicted octanol–water partition coefficient (Wildman–Crippen LogP) is 1.73. The Hall–Kier alpha value is -2.82. The number of nitrogens with zero attached hydrogens (tertiary/aromatic N) is 4. The molecule has 2 atom stereocenters. The molecule has 0 heterocycles. The highest BCUT2D eigenvalue weighted by molar-refractivity contribution is 5.57. The molecule has 1 aliphatic rings. The van der Waals surface area contributed by atoms with Gasteiger partial charge in [0.05, 0.1) is 30.2 Å². The van der Waals surface area contributed by atoms with Gasteiger partial charge in [-0.25, -0.2) is 0 Å². The molecular weight excluding hydrogens is 212 g/mol. The summed E-state index contributed by atoms with van der Waals surface area (Å²) in [6.07, 6.45) is 0. The number of hydrogen-bond acceptors (Lipinski definition) is 4. The van der Waals surface area contributed by atoms with Gasteiger partial charge in [-0.05, 0) is 11.1 Å². The molecule has 0 fully saturated rings. The summed E-state index contributed by atoms with van der Waals surface area (Å²) in [5.74, 6) is -1.64. The van der Waals surface area contributed by atoms with Gasteiger partial charge in [0.2, 0.25) is 0 Å². The first-order valence-electron chi connectivity index (χ1n) is 4.96. The van der Waals surface area contributed by atoms with Gasteiger partial charge in [0, 0.05) is 0 Å². The molecule has 1 aromatic rings. The quantitative estimate of drug-likeness (QED) is 0.662. The zero-order valence-electron chi connectivity index (χ0n) is 8.75. The molecule has 1 aromatic carbocycles. The van der Waals surface area contributed by atoms with Gasteiger partial charge < -0.3 is 0 Å². The van der Waals surface area contributed by atoms with Crippen LogP contribution in [-0.4, -0.2) is 0 Å². The molecule has 0 amide bonds. The molecule has 0 radical (unpaired) electrons. The van der Waals surface area contributed by atoms with Gasteiger partial charge in [-0.2, -0.15) is 21.0 Å². The lowest BCUT2D eigenvalue weighted by Gasteiger charge is -2.16. The number of hydrogen-bond donors (Lipinski definition) is 0. The zero-order valence-corrected chi connectivity index (χ0v) is 8.75. The SMILES string of the molecule is N#CC1c2ccccc2C(C#N)(C#N)C1C#N. The van der Waals surface area contributed by atoms with Gasteiger partial charge >= 0.3 is 0 Å². The van der Waals surface area contributed by atoms with E-state index in [0.717, 1.165) is 0 Å². The van der Waals surface area contributed by atoms with Crippen molar-refractivity contribution in [2.75, 3.05) is 0 Å². The van der Waals surface area contributed by atoms with E-state index in [9.17, 15) is 10.5 Å². The van der Waals surface area contributed by atoms with Crippen LogP contribution in [0.2, 0.25) is 0 Å². The Kier molecular flexibility index (Phi) is 2.29. The van der Waals surface area contributed by atoms with Crippen molar-refractivity contribution in [3.63, 3.8) is 0 Å². The average molecular weight is 218 g/mol. The van der Waals surface area contributed by atoms with E-state index in [0.29, 0.717) is 11.1 Å². The van der Waals surface area contributed by atoms with Gasteiger partial charge in [0.1, 0.15) is 5.92 Å². The van der Waals surface area contributed by atoms with E-state index in [1.54, 1.807) is 24.3 Å². The molecule has 0 aromatic heterocycles. The van der Waals surface area contributed by atoms with Crippen LogP contribution in [0.4, 0.5) is 0 Å². The number of benzene rings is 1. The van der Waals surface area contributed by atoms with Crippen molar-refractivity contribution in [1.29, 1.82) is 21.0 Å². The van der Waals surface area contributed by atoms with E-state index in [1.165, 1.54) is 0 Å². The van der Waals surface area contributed by atoms with Crippen LogP contribution in [-0.2, 0) is 5.41 Å². The minimum absolute atomic E-state index is 0.489. The second-order valence-corrected chi connectivity index (χ2v) is 3.83. The summed E-state index contributed by atoms with van der Waals surface area (Å²) in [6, 6.07) is 14.6. The maximum absolute atomic E-state index is 9.25. The maximum atomic E-state index is 9.25. The van der Waals surface area contributed by atoms with Crippen molar-refractivity contribution in [2.24, 2.45) is 5.92 Å². The van der Waals surface area contributed by atoms with Crippen LogP contribution in [0.3, 0.4) is 0 Å². The van der Waals surface area contributed by atoms with Crippen molar-refractivity contribution in [3.8, 4) is 24.3 Å². The summed E-state index contributed by atoms with van der Waals surface area (Å²) < 4.78 is 0. The second kappa shape index (κ2) is 3.64. The van der Waals surface area contributed by atoms with Crippen molar-refractivity contribution in [3.05, 3.63) is 35.4 Å². The van der Waals surface area contributed by atoms with E-state index < -0.39 is 17.3 Å². The first kappa shape index (κ1) is 10.7. The molecule has 1 aliphatic carbocycles. The number of nitriles is 4. The van der Waals surface area contributed by atoms with Crippen LogP contribution in [0, 0.1) is 51.2 Å². The Balaban J connectivity index is 2.81. The first-order chi connectivity index (χ1) is 8.25. The molecule has 0 spiro atoms. The molecule has 2 unspecified atom stereocenters. The lowest BCUT2D eigenvalue weighted by atomic mass is 9.76. The molecule has 4 heteroatoms. The monoisotopic (exact) mass is 218 g/mol. The fraction of sp³-hybridized carbons (Fsp3) is 0.231. The van der Waals surface area contributed by atoms with Crippen LogP contribution in [0.5, 0.6) is 0 Å². The Morgan fingerprint density at radius 1 is 0.941 bits per heavy atom. The van der Waals surface area contributed by atoms with Crippen LogP contribution in [0.25, 0.3) is 0 Å². The molecular formula is C13H6N4. The second-order valence-electron chi connectivity index (χ2n) is 3.83. The zero-order chi connectivity index (χ0) is 12.5. The molecule has 0 saturated heterocycles. The third-order valence-electron chi connectivity index (χ3n) is 3.15. The summed E-state index contributed by atoms with van der Waals surface area (Å²) in [6.45, 7) is 0. The van der Waals surface area contributed by atoms with Crippen LogP contribution >= 0.6 is 0 Å². The van der Waals surface area contributed by atoms with Crippen LogP contribution in [0.1, 0.15) is 17.0 Å². The Morgan fingerprint density at radius 3 is 2.12 bits per heavy atom. The summed E-state index contributed by atoms with van der Waals surface area (Å²) in [4.78, 5) is 0. The van der Waals surface area contributed by atoms with Crippen molar-refractivity contribution in [2.45, 2.75) is 11.3 Å². The normalized spacial score (nSPS) is 23.5. The Labute approximate surface area is 98.6 Å². The third kappa shape index (κ3) is 1.13. The van der Waals surface area contributed by atoms with Crippen molar-refractivity contribution in [1.82, 2.24) is 0 Å². The predicted molar refractivity (Wildman–Crippen MR) is 56.8 cm³/mol. The summed E-state index contributed by atoms with van der Waals surface area (Å²) in [5, 5.41) is 36.7. The van der Waals surface area contributed by atoms with Gasteiger partial charge in [0.25, 0.3) is 0 Å². The number of rotatable bonds is 0. The van der Waals surface area contributed by atoms with Crippen LogP contribution < -0.4 is 0 Å². The van der Waals surface area contributed by atoms with E-state index in [-0.39, 0.29) is 0 Å². The highest BCUT2D eigenvalue weighted by atomic mass is 14.6. The smallest absolute Gasteiger partial charge is 0.186 e. The van der Waals surface area contributed by atoms with E-state index >= 15 is 0 Å². The fourth-order valence-corrected chi connectivity index (χ4v) is 2.32. The Morgan fingerprint density at radius 2 is 1.59 bits per heavy atom. The van der Waals surface area contributed by atoms with Gasteiger partial charge in [0.15, 0.2) is 5.41 Å². The number of fused-ring (bicyclic) bond motifs is 1. The summed E-state index contributed by atoms with van der Waals surface area (Å²) >= 11 is 0. The maximum Gasteiger partial charge on any atom is 0.186 e. The molecule has 0 aliphatic heterocycles.